The number of hydrogen-bond acceptors (Lipinski definition) is 3. The monoisotopic (exact) mass is 174 g/mol. The summed E-state index contributed by atoms with van der Waals surface area (Å²) < 4.78 is 11.3. The lowest BCUT2D eigenvalue weighted by molar-refractivity contribution is -0.198. The van der Waals surface area contributed by atoms with Gasteiger partial charge in [0.1, 0.15) is 0 Å². The molecule has 0 spiro atoms. The smallest absolute Gasteiger partial charge is 0.171 e. The second-order valence-electron chi connectivity index (χ2n) is 3.75. The van der Waals surface area contributed by atoms with E-state index >= 15 is 0 Å². The third kappa shape index (κ3) is 1.63. The summed E-state index contributed by atoms with van der Waals surface area (Å²) in [5.41, 5.74) is 0. The van der Waals surface area contributed by atoms with Crippen LogP contribution in [-0.4, -0.2) is 29.7 Å². The van der Waals surface area contributed by atoms with Gasteiger partial charge in [0.2, 0.25) is 0 Å². The maximum absolute atomic E-state index is 8.97. The molecule has 0 aromatic carbocycles. The van der Waals surface area contributed by atoms with Crippen molar-refractivity contribution >= 4 is 0 Å². The molecule has 3 atom stereocenters. The van der Waals surface area contributed by atoms with Crippen LogP contribution in [0.3, 0.4) is 0 Å². The van der Waals surface area contributed by atoms with Gasteiger partial charge in [-0.1, -0.05) is 6.92 Å². The molecule has 72 valence electrons. The standard InChI is InChI=1S/C9H18O3/c1-6(5-10)9(4)11-7(2)8(3)12-9/h6-8,10H,5H2,1-4H3. The molecular formula is C9H18O3. The summed E-state index contributed by atoms with van der Waals surface area (Å²) in [5, 5.41) is 8.97. The van der Waals surface area contributed by atoms with E-state index in [2.05, 4.69) is 0 Å². The largest absolute Gasteiger partial charge is 0.396 e. The van der Waals surface area contributed by atoms with Gasteiger partial charge >= 0.3 is 0 Å². The number of aliphatic hydroxyl groups excluding tert-OH is 1. The van der Waals surface area contributed by atoms with Gasteiger partial charge in [0.05, 0.1) is 18.8 Å². The van der Waals surface area contributed by atoms with Gasteiger partial charge in [0.25, 0.3) is 0 Å². The van der Waals surface area contributed by atoms with Crippen molar-refractivity contribution in [1.29, 1.82) is 0 Å². The molecule has 0 aromatic heterocycles. The summed E-state index contributed by atoms with van der Waals surface area (Å²) >= 11 is 0. The fraction of sp³-hybridized carbons (Fsp3) is 1.00. The zero-order chi connectivity index (χ0) is 9.35. The van der Waals surface area contributed by atoms with E-state index in [4.69, 9.17) is 14.6 Å². The minimum Gasteiger partial charge on any atom is -0.396 e. The second kappa shape index (κ2) is 3.32. The molecular weight excluding hydrogens is 156 g/mol. The molecule has 3 nitrogen and oxygen atoms in total. The fourth-order valence-electron chi connectivity index (χ4n) is 1.36. The van der Waals surface area contributed by atoms with Crippen molar-refractivity contribution in [1.82, 2.24) is 0 Å². The third-order valence-corrected chi connectivity index (χ3v) is 2.67. The van der Waals surface area contributed by atoms with Crippen molar-refractivity contribution in [3.63, 3.8) is 0 Å². The van der Waals surface area contributed by atoms with Crippen LogP contribution in [-0.2, 0) is 9.47 Å². The van der Waals surface area contributed by atoms with Crippen LogP contribution in [0.2, 0.25) is 0 Å². The zero-order valence-corrected chi connectivity index (χ0v) is 8.20. The Morgan fingerprint density at radius 3 is 2.08 bits per heavy atom. The van der Waals surface area contributed by atoms with E-state index in [0.29, 0.717) is 0 Å². The predicted molar refractivity (Wildman–Crippen MR) is 45.7 cm³/mol. The topological polar surface area (TPSA) is 38.7 Å². The molecule has 0 amide bonds. The molecule has 0 bridgehead atoms. The first-order chi connectivity index (χ1) is 5.49. The lowest BCUT2D eigenvalue weighted by atomic mass is 10.0. The normalized spacial score (nSPS) is 44.8. The minimum atomic E-state index is -0.604. The Kier molecular flexibility index (Phi) is 2.76. The van der Waals surface area contributed by atoms with Gasteiger partial charge in [-0.15, -0.1) is 0 Å². The highest BCUT2D eigenvalue weighted by molar-refractivity contribution is 4.81. The molecule has 1 fully saturated rings. The summed E-state index contributed by atoms with van der Waals surface area (Å²) in [6.07, 6.45) is 0.230. The summed E-state index contributed by atoms with van der Waals surface area (Å²) in [7, 11) is 0. The van der Waals surface area contributed by atoms with Gasteiger partial charge in [-0.05, 0) is 20.8 Å². The molecule has 1 saturated heterocycles. The molecule has 0 aromatic rings. The maximum Gasteiger partial charge on any atom is 0.171 e. The first-order valence-electron chi connectivity index (χ1n) is 4.46. The Hall–Kier alpha value is -0.120. The van der Waals surface area contributed by atoms with Gasteiger partial charge in [-0.2, -0.15) is 0 Å². The Morgan fingerprint density at radius 1 is 1.33 bits per heavy atom. The van der Waals surface area contributed by atoms with Crippen molar-refractivity contribution in [2.75, 3.05) is 6.61 Å². The van der Waals surface area contributed by atoms with Gasteiger partial charge in [-0.25, -0.2) is 0 Å². The molecule has 12 heavy (non-hydrogen) atoms. The summed E-state index contributed by atoms with van der Waals surface area (Å²) in [6, 6.07) is 0. The molecule has 1 aliphatic rings. The van der Waals surface area contributed by atoms with Crippen molar-refractivity contribution in [3.8, 4) is 0 Å². The van der Waals surface area contributed by atoms with E-state index in [1.807, 2.05) is 27.7 Å². The molecule has 0 aliphatic carbocycles. The molecule has 0 radical (unpaired) electrons. The van der Waals surface area contributed by atoms with Crippen LogP contribution in [0.5, 0.6) is 0 Å². The van der Waals surface area contributed by atoms with Gasteiger partial charge in [-0.3, -0.25) is 0 Å². The minimum absolute atomic E-state index is 0.0184. The van der Waals surface area contributed by atoms with E-state index in [9.17, 15) is 0 Å². The van der Waals surface area contributed by atoms with E-state index in [1.54, 1.807) is 0 Å². The zero-order valence-electron chi connectivity index (χ0n) is 8.20. The molecule has 0 saturated carbocycles. The van der Waals surface area contributed by atoms with Crippen LogP contribution in [0.1, 0.15) is 27.7 Å². The average Bonchev–Trinajstić information content (AvgIpc) is 2.26. The molecule has 3 heteroatoms. The Bertz CT molecular complexity index is 148. The van der Waals surface area contributed by atoms with E-state index in [1.165, 1.54) is 0 Å². The average molecular weight is 174 g/mol. The Morgan fingerprint density at radius 2 is 1.75 bits per heavy atom. The van der Waals surface area contributed by atoms with E-state index in [-0.39, 0.29) is 24.7 Å². The summed E-state index contributed by atoms with van der Waals surface area (Å²) in [6.45, 7) is 7.87. The van der Waals surface area contributed by atoms with E-state index in [0.717, 1.165) is 0 Å². The fourth-order valence-corrected chi connectivity index (χ4v) is 1.36. The summed E-state index contributed by atoms with van der Waals surface area (Å²) in [5.74, 6) is -0.585. The van der Waals surface area contributed by atoms with Gasteiger partial charge in [0.15, 0.2) is 5.79 Å². The second-order valence-corrected chi connectivity index (χ2v) is 3.75. The van der Waals surface area contributed by atoms with Crippen LogP contribution in [0.15, 0.2) is 0 Å². The van der Waals surface area contributed by atoms with Gasteiger partial charge in [0, 0.05) is 5.92 Å². The number of rotatable bonds is 2. The lowest BCUT2D eigenvalue weighted by Crippen LogP contribution is -2.36. The predicted octanol–water partition coefficient (Wildman–Crippen LogP) is 1.15. The molecule has 1 heterocycles. The van der Waals surface area contributed by atoms with Crippen molar-refractivity contribution in [2.24, 2.45) is 5.92 Å². The van der Waals surface area contributed by atoms with Crippen LogP contribution < -0.4 is 0 Å². The SMILES string of the molecule is CC1OC(C)(C(C)CO)OC1C. The third-order valence-electron chi connectivity index (χ3n) is 2.67. The highest BCUT2D eigenvalue weighted by Crippen LogP contribution is 2.33. The number of hydrogen-bond donors (Lipinski definition) is 1. The molecule has 1 rings (SSSR count). The van der Waals surface area contributed by atoms with Crippen molar-refractivity contribution < 1.29 is 14.6 Å². The quantitative estimate of drug-likeness (QED) is 0.682. The Labute approximate surface area is 73.7 Å². The molecule has 1 N–H and O–H groups in total. The Balaban J connectivity index is 2.63. The molecule has 1 aliphatic heterocycles. The number of aliphatic hydroxyl groups is 1. The molecule has 3 unspecified atom stereocenters. The highest BCUT2D eigenvalue weighted by atomic mass is 16.8. The van der Waals surface area contributed by atoms with E-state index < -0.39 is 5.79 Å². The van der Waals surface area contributed by atoms with Gasteiger partial charge < -0.3 is 14.6 Å². The van der Waals surface area contributed by atoms with Crippen molar-refractivity contribution in [3.05, 3.63) is 0 Å². The number of ether oxygens (including phenoxy) is 2. The summed E-state index contributed by atoms with van der Waals surface area (Å²) in [4.78, 5) is 0. The van der Waals surface area contributed by atoms with Crippen molar-refractivity contribution in [2.45, 2.75) is 45.7 Å². The first-order valence-corrected chi connectivity index (χ1v) is 4.46. The lowest BCUT2D eigenvalue weighted by Gasteiger charge is -2.28. The highest BCUT2D eigenvalue weighted by Gasteiger charge is 2.43. The maximum atomic E-state index is 8.97. The van der Waals surface area contributed by atoms with Crippen LogP contribution >= 0.6 is 0 Å². The van der Waals surface area contributed by atoms with Crippen LogP contribution in [0.4, 0.5) is 0 Å². The first kappa shape index (κ1) is 9.96. The van der Waals surface area contributed by atoms with Crippen LogP contribution in [0, 0.1) is 5.92 Å². The van der Waals surface area contributed by atoms with Crippen LogP contribution in [0.25, 0.3) is 0 Å².